The van der Waals surface area contributed by atoms with Crippen LogP contribution in [0.2, 0.25) is 0 Å². The summed E-state index contributed by atoms with van der Waals surface area (Å²) in [4.78, 5) is 13.5. The van der Waals surface area contributed by atoms with Crippen LogP contribution in [-0.2, 0) is 5.75 Å². The van der Waals surface area contributed by atoms with Gasteiger partial charge in [-0.2, -0.15) is 11.8 Å². The van der Waals surface area contributed by atoms with Gasteiger partial charge in [0.2, 0.25) is 0 Å². The Bertz CT molecular complexity index is 412. The number of rotatable bonds is 6. The molecule has 1 aromatic carbocycles. The molecule has 0 unspecified atom stereocenters. The van der Waals surface area contributed by atoms with Crippen LogP contribution in [0.3, 0.4) is 0 Å². The molecule has 100 valence electrons. The van der Waals surface area contributed by atoms with Gasteiger partial charge in [-0.25, -0.2) is 5.84 Å². The lowest BCUT2D eigenvalue weighted by Gasteiger charge is -2.10. The quantitative estimate of drug-likeness (QED) is 0.361. The molecule has 0 aliphatic carbocycles. The second-order valence-corrected chi connectivity index (χ2v) is 6.10. The number of carbonyl (C=O) groups excluding carboxylic acids is 1. The summed E-state index contributed by atoms with van der Waals surface area (Å²) >= 11 is 5.35. The summed E-state index contributed by atoms with van der Waals surface area (Å²) in [5, 5.41) is 0. The van der Waals surface area contributed by atoms with E-state index in [0.29, 0.717) is 5.56 Å². The standard InChI is InChI=1S/C12H18BrN3OS/c1-16(2)5-6-18-8-10-4-3-9(7-11(10)13)12(17)15-14/h3-4,7H,5-6,8,14H2,1-2H3,(H,15,17). The number of amides is 1. The first-order chi connectivity index (χ1) is 8.54. The van der Waals surface area contributed by atoms with E-state index in [1.807, 2.05) is 17.8 Å². The smallest absolute Gasteiger partial charge is 0.265 e. The third-order valence-corrected chi connectivity index (χ3v) is 4.11. The first kappa shape index (κ1) is 15.5. The van der Waals surface area contributed by atoms with Gasteiger partial charge in [0.1, 0.15) is 0 Å². The van der Waals surface area contributed by atoms with Crippen LogP contribution in [0, 0.1) is 0 Å². The van der Waals surface area contributed by atoms with E-state index < -0.39 is 0 Å². The predicted octanol–water partition coefficient (Wildman–Crippen LogP) is 1.85. The molecule has 0 radical (unpaired) electrons. The molecule has 6 heteroatoms. The van der Waals surface area contributed by atoms with Crippen LogP contribution in [0.4, 0.5) is 0 Å². The molecular weight excluding hydrogens is 314 g/mol. The van der Waals surface area contributed by atoms with Crippen molar-refractivity contribution in [3.05, 3.63) is 33.8 Å². The molecule has 0 spiro atoms. The van der Waals surface area contributed by atoms with Gasteiger partial charge in [0.05, 0.1) is 0 Å². The summed E-state index contributed by atoms with van der Waals surface area (Å²) in [7, 11) is 4.13. The van der Waals surface area contributed by atoms with Gasteiger partial charge >= 0.3 is 0 Å². The highest BCUT2D eigenvalue weighted by molar-refractivity contribution is 9.10. The molecule has 4 nitrogen and oxygen atoms in total. The summed E-state index contributed by atoms with van der Waals surface area (Å²) in [6.45, 7) is 1.07. The van der Waals surface area contributed by atoms with Gasteiger partial charge in [-0.05, 0) is 31.8 Å². The lowest BCUT2D eigenvalue weighted by atomic mass is 10.1. The van der Waals surface area contributed by atoms with Gasteiger partial charge < -0.3 is 4.90 Å². The Labute approximate surface area is 120 Å². The number of hydrogen-bond acceptors (Lipinski definition) is 4. The molecule has 0 aliphatic heterocycles. The first-order valence-corrected chi connectivity index (χ1v) is 7.51. The summed E-state index contributed by atoms with van der Waals surface area (Å²) < 4.78 is 0.945. The van der Waals surface area contributed by atoms with E-state index in [9.17, 15) is 4.79 Å². The van der Waals surface area contributed by atoms with Crippen molar-refractivity contribution in [3.63, 3.8) is 0 Å². The number of thioether (sulfide) groups is 1. The number of hydrogen-bond donors (Lipinski definition) is 2. The van der Waals surface area contributed by atoms with Crippen LogP contribution in [0.5, 0.6) is 0 Å². The molecule has 0 bridgehead atoms. The van der Waals surface area contributed by atoms with Gasteiger partial charge in [-0.15, -0.1) is 0 Å². The number of nitrogens with one attached hydrogen (secondary N) is 1. The maximum atomic E-state index is 11.3. The molecule has 18 heavy (non-hydrogen) atoms. The molecule has 1 amide bonds. The summed E-state index contributed by atoms with van der Waals surface area (Å²) in [6.07, 6.45) is 0. The summed E-state index contributed by atoms with van der Waals surface area (Å²) in [5.74, 6) is 6.84. The minimum Gasteiger partial charge on any atom is -0.309 e. The second kappa shape index (κ2) is 7.78. The van der Waals surface area contributed by atoms with Crippen molar-refractivity contribution >= 4 is 33.6 Å². The average Bonchev–Trinajstić information content (AvgIpc) is 2.34. The highest BCUT2D eigenvalue weighted by Gasteiger charge is 2.07. The Morgan fingerprint density at radius 3 is 2.78 bits per heavy atom. The molecule has 0 aliphatic rings. The van der Waals surface area contributed by atoms with E-state index >= 15 is 0 Å². The topological polar surface area (TPSA) is 58.4 Å². The fourth-order valence-corrected chi connectivity index (χ4v) is 3.13. The molecule has 1 aromatic rings. The van der Waals surface area contributed by atoms with Gasteiger partial charge in [0.15, 0.2) is 0 Å². The maximum Gasteiger partial charge on any atom is 0.265 e. The fourth-order valence-electron chi connectivity index (χ4n) is 1.32. The number of benzene rings is 1. The van der Waals surface area contributed by atoms with Crippen LogP contribution in [0.25, 0.3) is 0 Å². The molecule has 3 N–H and O–H groups in total. The molecular formula is C12H18BrN3OS. The molecule has 0 saturated carbocycles. The predicted molar refractivity (Wildman–Crippen MR) is 80.5 cm³/mol. The van der Waals surface area contributed by atoms with E-state index in [4.69, 9.17) is 5.84 Å². The van der Waals surface area contributed by atoms with Crippen LogP contribution < -0.4 is 11.3 Å². The van der Waals surface area contributed by atoms with Crippen molar-refractivity contribution < 1.29 is 4.79 Å². The van der Waals surface area contributed by atoms with Crippen molar-refractivity contribution in [3.8, 4) is 0 Å². The van der Waals surface area contributed by atoms with Crippen molar-refractivity contribution in [1.29, 1.82) is 0 Å². The molecule has 0 fully saturated rings. The molecule has 0 aromatic heterocycles. The number of hydrazine groups is 1. The van der Waals surface area contributed by atoms with Crippen molar-refractivity contribution in [2.45, 2.75) is 5.75 Å². The Morgan fingerprint density at radius 2 is 2.22 bits per heavy atom. The van der Waals surface area contributed by atoms with Crippen LogP contribution in [-0.4, -0.2) is 37.2 Å². The molecule has 0 atom stereocenters. The number of nitrogens with zero attached hydrogens (tertiary/aromatic N) is 1. The second-order valence-electron chi connectivity index (χ2n) is 4.14. The van der Waals surface area contributed by atoms with E-state index in [-0.39, 0.29) is 5.91 Å². The van der Waals surface area contributed by atoms with Crippen LogP contribution >= 0.6 is 27.7 Å². The lowest BCUT2D eigenvalue weighted by molar-refractivity contribution is 0.0953. The van der Waals surface area contributed by atoms with E-state index in [1.165, 1.54) is 5.56 Å². The van der Waals surface area contributed by atoms with E-state index in [0.717, 1.165) is 22.5 Å². The largest absolute Gasteiger partial charge is 0.309 e. The highest BCUT2D eigenvalue weighted by atomic mass is 79.9. The Balaban J connectivity index is 2.55. The number of carbonyl (C=O) groups is 1. The van der Waals surface area contributed by atoms with Crippen LogP contribution in [0.15, 0.2) is 22.7 Å². The monoisotopic (exact) mass is 331 g/mol. The first-order valence-electron chi connectivity index (χ1n) is 5.56. The van der Waals surface area contributed by atoms with Crippen LogP contribution in [0.1, 0.15) is 15.9 Å². The fraction of sp³-hybridized carbons (Fsp3) is 0.417. The lowest BCUT2D eigenvalue weighted by Crippen LogP contribution is -2.29. The Kier molecular flexibility index (Phi) is 6.70. The van der Waals surface area contributed by atoms with Gasteiger partial charge in [-0.1, -0.05) is 22.0 Å². The van der Waals surface area contributed by atoms with Gasteiger partial charge in [0.25, 0.3) is 5.91 Å². The minimum atomic E-state index is -0.275. The average molecular weight is 332 g/mol. The molecule has 0 saturated heterocycles. The molecule has 1 rings (SSSR count). The minimum absolute atomic E-state index is 0.275. The van der Waals surface area contributed by atoms with Crippen molar-refractivity contribution in [2.24, 2.45) is 5.84 Å². The zero-order chi connectivity index (χ0) is 13.5. The summed E-state index contributed by atoms with van der Waals surface area (Å²) in [6, 6.07) is 5.54. The third-order valence-electron chi connectivity index (χ3n) is 2.39. The SMILES string of the molecule is CN(C)CCSCc1ccc(C(=O)NN)cc1Br. The third kappa shape index (κ3) is 4.97. The number of nitrogen functional groups attached to an aromatic ring is 1. The van der Waals surface area contributed by atoms with Gasteiger partial charge in [0, 0.05) is 28.1 Å². The molecule has 0 heterocycles. The van der Waals surface area contributed by atoms with Crippen molar-refractivity contribution in [1.82, 2.24) is 10.3 Å². The zero-order valence-corrected chi connectivity index (χ0v) is 13.0. The summed E-state index contributed by atoms with van der Waals surface area (Å²) in [5.41, 5.74) is 3.87. The van der Waals surface area contributed by atoms with E-state index in [2.05, 4.69) is 40.4 Å². The van der Waals surface area contributed by atoms with Gasteiger partial charge in [-0.3, -0.25) is 10.2 Å². The highest BCUT2D eigenvalue weighted by Crippen LogP contribution is 2.23. The Hall–Kier alpha value is -0.560. The number of nitrogens with two attached hydrogens (primary N) is 1. The number of halogens is 1. The van der Waals surface area contributed by atoms with E-state index in [1.54, 1.807) is 12.1 Å². The zero-order valence-electron chi connectivity index (χ0n) is 10.6. The normalized spacial score (nSPS) is 10.7. The van der Waals surface area contributed by atoms with Crippen molar-refractivity contribution in [2.75, 3.05) is 26.4 Å². The Morgan fingerprint density at radius 1 is 1.50 bits per heavy atom. The maximum absolute atomic E-state index is 11.3.